The van der Waals surface area contributed by atoms with Gasteiger partial charge in [-0.2, -0.15) is 0 Å². The molecule has 0 radical (unpaired) electrons. The number of pyridine rings is 1. The SMILES string of the molecule is CC1(C)COC2(CCC(N[C@H]3CC[C@H](Nc4ccnc5ccc(OC(F)(F)F)cc45)CC3)CC2)OO1. The van der Waals surface area contributed by atoms with Crippen LogP contribution in [0.25, 0.3) is 10.9 Å². The first-order valence-electron chi connectivity index (χ1n) is 12.8. The average molecular weight is 510 g/mol. The van der Waals surface area contributed by atoms with Crippen LogP contribution in [-0.2, 0) is 14.5 Å². The van der Waals surface area contributed by atoms with E-state index in [1.807, 2.05) is 19.9 Å². The van der Waals surface area contributed by atoms with Crippen LogP contribution in [0.5, 0.6) is 5.75 Å². The number of hydrogen-bond donors (Lipinski definition) is 2. The van der Waals surface area contributed by atoms with Gasteiger partial charge in [0.15, 0.2) is 0 Å². The van der Waals surface area contributed by atoms with E-state index >= 15 is 0 Å². The zero-order chi connectivity index (χ0) is 25.4. The number of nitrogens with one attached hydrogen (secondary N) is 2. The van der Waals surface area contributed by atoms with Gasteiger partial charge in [0.05, 0.1) is 12.1 Å². The minimum atomic E-state index is -4.73. The van der Waals surface area contributed by atoms with Crippen LogP contribution in [0.4, 0.5) is 18.9 Å². The lowest BCUT2D eigenvalue weighted by Gasteiger charge is -2.45. The van der Waals surface area contributed by atoms with Crippen molar-refractivity contribution in [3.05, 3.63) is 30.5 Å². The molecular formula is C26H34F3N3O4. The highest BCUT2D eigenvalue weighted by molar-refractivity contribution is 5.92. The Bertz CT molecular complexity index is 1040. The quantitative estimate of drug-likeness (QED) is 0.491. The van der Waals surface area contributed by atoms with E-state index in [1.165, 1.54) is 12.1 Å². The van der Waals surface area contributed by atoms with Crippen LogP contribution in [0.2, 0.25) is 0 Å². The smallest absolute Gasteiger partial charge is 0.406 e. The van der Waals surface area contributed by atoms with Crippen molar-refractivity contribution in [1.82, 2.24) is 10.3 Å². The van der Waals surface area contributed by atoms with Crippen LogP contribution >= 0.6 is 0 Å². The van der Waals surface area contributed by atoms with E-state index in [4.69, 9.17) is 14.5 Å². The number of benzene rings is 1. The van der Waals surface area contributed by atoms with Crippen LogP contribution in [0.1, 0.15) is 65.2 Å². The Labute approximate surface area is 208 Å². The summed E-state index contributed by atoms with van der Waals surface area (Å²) in [7, 11) is 0. The molecule has 2 aromatic rings. The third kappa shape index (κ3) is 6.22. The molecule has 198 valence electrons. The van der Waals surface area contributed by atoms with Gasteiger partial charge in [0, 0.05) is 48.2 Å². The molecule has 0 amide bonds. The monoisotopic (exact) mass is 509 g/mol. The molecule has 5 rings (SSSR count). The van der Waals surface area contributed by atoms with Gasteiger partial charge >= 0.3 is 6.36 Å². The Balaban J connectivity index is 1.11. The Morgan fingerprint density at radius 3 is 2.31 bits per heavy atom. The maximum atomic E-state index is 12.7. The van der Waals surface area contributed by atoms with Crippen molar-refractivity contribution in [3.63, 3.8) is 0 Å². The number of anilines is 1. The fourth-order valence-electron chi connectivity index (χ4n) is 5.40. The number of aromatic nitrogens is 1. The summed E-state index contributed by atoms with van der Waals surface area (Å²) in [5.41, 5.74) is 0.994. The van der Waals surface area contributed by atoms with Crippen molar-refractivity contribution in [3.8, 4) is 5.75 Å². The van der Waals surface area contributed by atoms with Gasteiger partial charge in [-0.1, -0.05) is 0 Å². The van der Waals surface area contributed by atoms with E-state index in [1.54, 1.807) is 12.3 Å². The van der Waals surface area contributed by atoms with E-state index in [0.717, 1.165) is 57.1 Å². The first kappa shape index (κ1) is 25.5. The lowest BCUT2D eigenvalue weighted by molar-refractivity contribution is -0.511. The van der Waals surface area contributed by atoms with E-state index in [0.29, 0.717) is 29.6 Å². The second kappa shape index (κ2) is 9.96. The summed E-state index contributed by atoms with van der Waals surface area (Å²) in [6, 6.07) is 7.17. The molecule has 1 aromatic carbocycles. The second-order valence-electron chi connectivity index (χ2n) is 10.8. The van der Waals surface area contributed by atoms with Gasteiger partial charge in [0.25, 0.3) is 0 Å². The number of rotatable bonds is 5. The summed E-state index contributed by atoms with van der Waals surface area (Å²) in [5.74, 6) is -0.847. The van der Waals surface area contributed by atoms with E-state index in [2.05, 4.69) is 20.4 Å². The first-order chi connectivity index (χ1) is 17.1. The van der Waals surface area contributed by atoms with Gasteiger partial charge in [0.1, 0.15) is 11.4 Å². The molecule has 36 heavy (non-hydrogen) atoms. The van der Waals surface area contributed by atoms with Crippen molar-refractivity contribution in [2.45, 2.75) is 101 Å². The topological polar surface area (TPSA) is 73.9 Å². The van der Waals surface area contributed by atoms with Crippen molar-refractivity contribution in [1.29, 1.82) is 0 Å². The van der Waals surface area contributed by atoms with Crippen molar-refractivity contribution in [2.24, 2.45) is 0 Å². The summed E-state index contributed by atoms with van der Waals surface area (Å²) in [6.45, 7) is 4.44. The highest BCUT2D eigenvalue weighted by Crippen LogP contribution is 2.39. The zero-order valence-electron chi connectivity index (χ0n) is 20.7. The molecule has 1 aliphatic heterocycles. The van der Waals surface area contributed by atoms with E-state index < -0.39 is 17.8 Å². The minimum Gasteiger partial charge on any atom is -0.406 e. The number of alkyl halides is 3. The summed E-state index contributed by atoms with van der Waals surface area (Å²) >= 11 is 0. The fraction of sp³-hybridized carbons (Fsp3) is 0.654. The van der Waals surface area contributed by atoms with E-state index in [9.17, 15) is 13.2 Å². The molecule has 7 nitrogen and oxygen atoms in total. The van der Waals surface area contributed by atoms with Crippen LogP contribution < -0.4 is 15.4 Å². The van der Waals surface area contributed by atoms with Gasteiger partial charge in [-0.25, -0.2) is 9.78 Å². The van der Waals surface area contributed by atoms with Crippen LogP contribution in [0, 0.1) is 0 Å². The molecule has 2 N–H and O–H groups in total. The molecule has 10 heteroatoms. The molecular weight excluding hydrogens is 475 g/mol. The molecule has 2 aliphatic carbocycles. The molecule has 0 atom stereocenters. The highest BCUT2D eigenvalue weighted by Gasteiger charge is 2.45. The molecule has 1 aromatic heterocycles. The number of fused-ring (bicyclic) bond motifs is 1. The summed E-state index contributed by atoms with van der Waals surface area (Å²) < 4.78 is 48.1. The highest BCUT2D eigenvalue weighted by atomic mass is 19.4. The summed E-state index contributed by atoms with van der Waals surface area (Å²) in [4.78, 5) is 15.5. The average Bonchev–Trinajstić information content (AvgIpc) is 2.83. The van der Waals surface area contributed by atoms with Gasteiger partial charge in [-0.3, -0.25) is 4.98 Å². The molecule has 1 spiro atoms. The Hall–Kier alpha value is -2.14. The molecule has 2 saturated carbocycles. The standard InChI is InChI=1S/C26H34F3N3O4/c1-24(2)16-33-25(36-35-24)12-9-19(10-13-25)31-17-3-5-18(6-4-17)32-23-11-14-30-22-8-7-20(15-21(22)23)34-26(27,28)29/h7-8,11,14-15,17-19,31H,3-6,9-10,12-13,16H2,1-2H3,(H,30,32)/t17-,18-,19?,25?. The Morgan fingerprint density at radius 2 is 1.64 bits per heavy atom. The second-order valence-corrected chi connectivity index (χ2v) is 10.8. The minimum absolute atomic E-state index is 0.243. The van der Waals surface area contributed by atoms with E-state index in [-0.39, 0.29) is 11.8 Å². The summed E-state index contributed by atoms with van der Waals surface area (Å²) in [6.07, 6.45) is 4.56. The largest absolute Gasteiger partial charge is 0.573 e. The van der Waals surface area contributed by atoms with Crippen LogP contribution in [-0.4, -0.2) is 47.5 Å². The molecule has 1 saturated heterocycles. The third-order valence-corrected chi connectivity index (χ3v) is 7.35. The third-order valence-electron chi connectivity index (χ3n) is 7.35. The molecule has 0 unspecified atom stereocenters. The summed E-state index contributed by atoms with van der Waals surface area (Å²) in [5, 5.41) is 7.98. The maximum Gasteiger partial charge on any atom is 0.573 e. The van der Waals surface area contributed by atoms with Gasteiger partial charge in [-0.15, -0.1) is 13.2 Å². The van der Waals surface area contributed by atoms with Gasteiger partial charge in [-0.05, 0) is 76.6 Å². The molecule has 0 bridgehead atoms. The van der Waals surface area contributed by atoms with Gasteiger partial charge < -0.3 is 20.1 Å². The predicted molar refractivity (Wildman–Crippen MR) is 128 cm³/mol. The zero-order valence-corrected chi connectivity index (χ0v) is 20.7. The molecule has 3 aliphatic rings. The lowest BCUT2D eigenvalue weighted by atomic mass is 9.86. The number of hydrogen-bond acceptors (Lipinski definition) is 7. The van der Waals surface area contributed by atoms with Crippen molar-refractivity contribution < 1.29 is 32.4 Å². The van der Waals surface area contributed by atoms with Crippen LogP contribution in [0.15, 0.2) is 30.5 Å². The number of halogens is 3. The maximum absolute atomic E-state index is 12.7. The number of nitrogens with zero attached hydrogens (tertiary/aromatic N) is 1. The molecule has 2 heterocycles. The Kier molecular flexibility index (Phi) is 7.06. The normalized spacial score (nSPS) is 30.9. The lowest BCUT2D eigenvalue weighted by Crippen LogP contribution is -2.53. The predicted octanol–water partition coefficient (Wildman–Crippen LogP) is 5.84. The number of ether oxygens (including phenoxy) is 2. The van der Waals surface area contributed by atoms with Crippen LogP contribution in [0.3, 0.4) is 0 Å². The fourth-order valence-corrected chi connectivity index (χ4v) is 5.40. The van der Waals surface area contributed by atoms with Gasteiger partial charge in [0.2, 0.25) is 5.79 Å². The molecule has 3 fully saturated rings. The van der Waals surface area contributed by atoms with Crippen molar-refractivity contribution in [2.75, 3.05) is 11.9 Å². The first-order valence-corrected chi connectivity index (χ1v) is 12.8. The van der Waals surface area contributed by atoms with Crippen molar-refractivity contribution >= 4 is 16.6 Å². The Morgan fingerprint density at radius 1 is 0.944 bits per heavy atom.